The van der Waals surface area contributed by atoms with Gasteiger partial charge in [-0.05, 0) is 39.2 Å². The minimum absolute atomic E-state index is 0.259. The Morgan fingerprint density at radius 3 is 2.23 bits per heavy atom. The number of Topliss-reactive ketones (excluding diaryl/α,β-unsaturated/α-hetero) is 1. The number of benzene rings is 1. The van der Waals surface area contributed by atoms with Crippen LogP contribution in [0.5, 0.6) is 17.2 Å². The highest BCUT2D eigenvalue weighted by atomic mass is 16.5. The van der Waals surface area contributed by atoms with Crippen molar-refractivity contribution >= 4 is 17.7 Å². The lowest BCUT2D eigenvalue weighted by Gasteiger charge is -2.38. The first kappa shape index (κ1) is 26.1. The number of methoxy groups -OCH3 is 4. The van der Waals surface area contributed by atoms with Crippen molar-refractivity contribution < 1.29 is 38.1 Å². The van der Waals surface area contributed by atoms with Gasteiger partial charge in [0.1, 0.15) is 5.92 Å². The molecule has 0 bridgehead atoms. The molecule has 0 fully saturated rings. The van der Waals surface area contributed by atoms with E-state index in [1.54, 1.807) is 32.9 Å². The van der Waals surface area contributed by atoms with Crippen molar-refractivity contribution in [3.63, 3.8) is 0 Å². The lowest BCUT2D eigenvalue weighted by molar-refractivity contribution is -0.151. The Kier molecular flexibility index (Phi) is 7.77. The number of rotatable bonds is 7. The van der Waals surface area contributed by atoms with Crippen LogP contribution in [0.2, 0.25) is 0 Å². The SMILES string of the molecule is COC(=O)[C@@H]1C(=O)C2=C(C[C@@H]1C)NC(C)=C(C(=O)OC(C)C)[C@H]2c1ccc(OC)c(OC)c1OC. The summed E-state index contributed by atoms with van der Waals surface area (Å²) in [4.78, 5) is 39.8. The van der Waals surface area contributed by atoms with Gasteiger partial charge in [0, 0.05) is 22.5 Å². The van der Waals surface area contributed by atoms with Crippen LogP contribution in [0.4, 0.5) is 0 Å². The zero-order valence-corrected chi connectivity index (χ0v) is 21.4. The second kappa shape index (κ2) is 10.4. The minimum atomic E-state index is -0.991. The molecule has 1 aromatic carbocycles. The first-order valence-corrected chi connectivity index (χ1v) is 11.4. The molecule has 1 N–H and O–H groups in total. The van der Waals surface area contributed by atoms with E-state index < -0.39 is 29.6 Å². The summed E-state index contributed by atoms with van der Waals surface area (Å²) in [5.74, 6) is -2.65. The van der Waals surface area contributed by atoms with Crippen LogP contribution < -0.4 is 19.5 Å². The number of ketones is 1. The fourth-order valence-electron chi connectivity index (χ4n) is 4.89. The summed E-state index contributed by atoms with van der Waals surface area (Å²) in [6, 6.07) is 3.42. The van der Waals surface area contributed by atoms with Gasteiger partial charge in [-0.15, -0.1) is 0 Å². The van der Waals surface area contributed by atoms with Crippen molar-refractivity contribution in [3.8, 4) is 17.2 Å². The summed E-state index contributed by atoms with van der Waals surface area (Å²) >= 11 is 0. The zero-order valence-electron chi connectivity index (χ0n) is 21.4. The number of carbonyl (C=O) groups excluding carboxylic acids is 3. The van der Waals surface area contributed by atoms with Gasteiger partial charge in [0.25, 0.3) is 0 Å². The second-order valence-corrected chi connectivity index (χ2v) is 8.91. The maximum Gasteiger partial charge on any atom is 0.337 e. The summed E-state index contributed by atoms with van der Waals surface area (Å²) in [6.07, 6.45) is 0.0487. The van der Waals surface area contributed by atoms with Crippen molar-refractivity contribution in [2.45, 2.75) is 46.1 Å². The molecule has 9 heteroatoms. The van der Waals surface area contributed by atoms with Gasteiger partial charge in [0.15, 0.2) is 17.3 Å². The van der Waals surface area contributed by atoms with Crippen LogP contribution in [-0.4, -0.2) is 52.3 Å². The van der Waals surface area contributed by atoms with Crippen molar-refractivity contribution in [1.29, 1.82) is 0 Å². The normalized spacial score (nSPS) is 21.9. The summed E-state index contributed by atoms with van der Waals surface area (Å²) in [5, 5.41) is 3.24. The number of nitrogens with one attached hydrogen (secondary N) is 1. The molecule has 2 aliphatic rings. The van der Waals surface area contributed by atoms with Crippen LogP contribution in [-0.2, 0) is 23.9 Å². The summed E-state index contributed by atoms with van der Waals surface area (Å²) in [7, 11) is 5.72. The molecule has 35 heavy (non-hydrogen) atoms. The van der Waals surface area contributed by atoms with E-state index in [-0.39, 0.29) is 17.6 Å². The summed E-state index contributed by atoms with van der Waals surface area (Å²) in [5.41, 5.74) is 2.30. The number of ether oxygens (including phenoxy) is 5. The van der Waals surface area contributed by atoms with Crippen LogP contribution in [0.1, 0.15) is 45.6 Å². The lowest BCUT2D eigenvalue weighted by Crippen LogP contribution is -2.43. The van der Waals surface area contributed by atoms with Gasteiger partial charge in [-0.3, -0.25) is 9.59 Å². The molecule has 0 amide bonds. The Balaban J connectivity index is 2.32. The topological polar surface area (TPSA) is 109 Å². The molecule has 190 valence electrons. The molecule has 1 aliphatic heterocycles. The van der Waals surface area contributed by atoms with E-state index in [0.717, 1.165) is 0 Å². The van der Waals surface area contributed by atoms with Gasteiger partial charge in [-0.2, -0.15) is 0 Å². The summed E-state index contributed by atoms with van der Waals surface area (Å²) in [6.45, 7) is 7.10. The largest absolute Gasteiger partial charge is 0.493 e. The molecule has 3 atom stereocenters. The van der Waals surface area contributed by atoms with Gasteiger partial charge in [0.05, 0.1) is 46.0 Å². The Hall–Kier alpha value is -3.49. The molecule has 3 rings (SSSR count). The monoisotopic (exact) mass is 487 g/mol. The Bertz CT molecular complexity index is 1100. The lowest BCUT2D eigenvalue weighted by atomic mass is 9.69. The van der Waals surface area contributed by atoms with E-state index in [2.05, 4.69) is 5.32 Å². The zero-order chi connectivity index (χ0) is 26.0. The van der Waals surface area contributed by atoms with E-state index in [0.29, 0.717) is 46.2 Å². The highest BCUT2D eigenvalue weighted by Crippen LogP contribution is 2.51. The Labute approximate surface area is 205 Å². The van der Waals surface area contributed by atoms with Gasteiger partial charge in [-0.1, -0.05) is 13.0 Å². The first-order chi connectivity index (χ1) is 16.6. The van der Waals surface area contributed by atoms with Crippen LogP contribution in [0.3, 0.4) is 0 Å². The molecular formula is C26H33NO8. The van der Waals surface area contributed by atoms with E-state index in [4.69, 9.17) is 23.7 Å². The molecule has 1 aromatic rings. The number of allylic oxidation sites excluding steroid dienone is 3. The number of carbonyl (C=O) groups is 3. The van der Waals surface area contributed by atoms with E-state index in [9.17, 15) is 14.4 Å². The third-order valence-corrected chi connectivity index (χ3v) is 6.35. The third kappa shape index (κ3) is 4.59. The van der Waals surface area contributed by atoms with Crippen molar-refractivity contribution in [1.82, 2.24) is 5.32 Å². The first-order valence-electron chi connectivity index (χ1n) is 11.4. The average molecular weight is 488 g/mol. The molecule has 0 aromatic heterocycles. The highest BCUT2D eigenvalue weighted by molar-refractivity contribution is 6.12. The molecule has 0 saturated heterocycles. The third-order valence-electron chi connectivity index (χ3n) is 6.35. The molecular weight excluding hydrogens is 454 g/mol. The predicted octanol–water partition coefficient (Wildman–Crippen LogP) is 3.28. The highest BCUT2D eigenvalue weighted by Gasteiger charge is 2.48. The minimum Gasteiger partial charge on any atom is -0.493 e. The maximum absolute atomic E-state index is 13.9. The quantitative estimate of drug-likeness (QED) is 0.458. The van der Waals surface area contributed by atoms with Gasteiger partial charge >= 0.3 is 11.9 Å². The molecule has 1 aliphatic carbocycles. The van der Waals surface area contributed by atoms with Crippen LogP contribution in [0.15, 0.2) is 34.7 Å². The molecule has 0 saturated carbocycles. The Morgan fingerprint density at radius 1 is 1.03 bits per heavy atom. The van der Waals surface area contributed by atoms with E-state index >= 15 is 0 Å². The maximum atomic E-state index is 13.9. The smallest absolute Gasteiger partial charge is 0.337 e. The molecule has 1 heterocycles. The molecule has 0 radical (unpaired) electrons. The van der Waals surface area contributed by atoms with Crippen molar-refractivity contribution in [3.05, 3.63) is 40.2 Å². The van der Waals surface area contributed by atoms with Gasteiger partial charge in [-0.25, -0.2) is 4.79 Å². The van der Waals surface area contributed by atoms with Crippen LogP contribution in [0.25, 0.3) is 0 Å². The summed E-state index contributed by atoms with van der Waals surface area (Å²) < 4.78 is 27.2. The number of esters is 2. The number of hydrogen-bond acceptors (Lipinski definition) is 9. The fraction of sp³-hybridized carbons (Fsp3) is 0.500. The van der Waals surface area contributed by atoms with E-state index in [1.807, 2.05) is 6.92 Å². The predicted molar refractivity (Wildman–Crippen MR) is 127 cm³/mol. The van der Waals surface area contributed by atoms with Crippen molar-refractivity contribution in [2.24, 2.45) is 11.8 Å². The second-order valence-electron chi connectivity index (χ2n) is 8.91. The molecule has 9 nitrogen and oxygen atoms in total. The number of dihydropyridines is 1. The van der Waals surface area contributed by atoms with E-state index in [1.165, 1.54) is 28.4 Å². The van der Waals surface area contributed by atoms with Gasteiger partial charge < -0.3 is 29.0 Å². The molecule has 0 spiro atoms. The fourth-order valence-corrected chi connectivity index (χ4v) is 4.89. The number of hydrogen-bond donors (Lipinski definition) is 1. The standard InChI is InChI=1S/C26H33NO8/c1-12(2)35-26(30)19-14(4)27-16-11-13(3)18(25(29)34-8)22(28)21(16)20(19)15-9-10-17(31-5)24(33-7)23(15)32-6/h9-10,12-13,18,20,27H,11H2,1-8H3/t13-,18-,20+/m0/s1. The van der Waals surface area contributed by atoms with Gasteiger partial charge in [0.2, 0.25) is 5.75 Å². The van der Waals surface area contributed by atoms with Crippen LogP contribution >= 0.6 is 0 Å². The Morgan fingerprint density at radius 2 is 1.69 bits per heavy atom. The molecule has 0 unspecified atom stereocenters. The average Bonchev–Trinajstić information content (AvgIpc) is 2.81. The van der Waals surface area contributed by atoms with Crippen molar-refractivity contribution in [2.75, 3.05) is 28.4 Å². The van der Waals surface area contributed by atoms with Crippen LogP contribution in [0, 0.1) is 11.8 Å².